The fourth-order valence-corrected chi connectivity index (χ4v) is 5.16. The molecular formula is C31H26N2. The highest BCUT2D eigenvalue weighted by Crippen LogP contribution is 2.33. The summed E-state index contributed by atoms with van der Waals surface area (Å²) in [5, 5.41) is 7.79. The van der Waals surface area contributed by atoms with Gasteiger partial charge < -0.3 is 5.73 Å². The molecular weight excluding hydrogens is 400 g/mol. The third-order valence-corrected chi connectivity index (χ3v) is 6.85. The largest absolute Gasteiger partial charge is 0.398 e. The monoisotopic (exact) mass is 426 g/mol. The molecule has 6 aromatic rings. The smallest absolute Gasteiger partial charge is 0.0730 e. The summed E-state index contributed by atoms with van der Waals surface area (Å²) in [7, 11) is 0. The highest BCUT2D eigenvalue weighted by molar-refractivity contribution is 6.08. The molecule has 1 heterocycles. The van der Waals surface area contributed by atoms with Crippen molar-refractivity contribution in [1.82, 2.24) is 4.98 Å². The molecule has 0 saturated heterocycles. The molecule has 160 valence electrons. The molecule has 0 aliphatic heterocycles. The van der Waals surface area contributed by atoms with Crippen LogP contribution in [0.5, 0.6) is 0 Å². The van der Waals surface area contributed by atoms with Crippen molar-refractivity contribution in [3.63, 3.8) is 0 Å². The second-order valence-electron chi connectivity index (χ2n) is 8.89. The summed E-state index contributed by atoms with van der Waals surface area (Å²) in [5.41, 5.74) is 11.8. The maximum atomic E-state index is 5.91. The van der Waals surface area contributed by atoms with Crippen LogP contribution in [0.25, 0.3) is 43.4 Å². The van der Waals surface area contributed by atoms with Crippen LogP contribution in [0.1, 0.15) is 24.0 Å². The number of rotatable bonds is 0. The Morgan fingerprint density at radius 1 is 0.545 bits per heavy atom. The zero-order chi connectivity index (χ0) is 22.2. The van der Waals surface area contributed by atoms with E-state index in [9.17, 15) is 0 Å². The van der Waals surface area contributed by atoms with Crippen LogP contribution in [0, 0.1) is 0 Å². The highest BCUT2D eigenvalue weighted by Gasteiger charge is 2.13. The molecule has 0 radical (unpaired) electrons. The van der Waals surface area contributed by atoms with E-state index in [1.165, 1.54) is 47.2 Å². The van der Waals surface area contributed by atoms with Crippen LogP contribution in [0.3, 0.4) is 0 Å². The van der Waals surface area contributed by atoms with Gasteiger partial charge in [-0.3, -0.25) is 0 Å². The van der Waals surface area contributed by atoms with Crippen molar-refractivity contribution in [2.24, 2.45) is 0 Å². The molecule has 1 aliphatic rings. The van der Waals surface area contributed by atoms with Crippen molar-refractivity contribution < 1.29 is 0 Å². The minimum atomic E-state index is 0.783. The van der Waals surface area contributed by atoms with Crippen molar-refractivity contribution in [2.45, 2.75) is 25.7 Å². The van der Waals surface area contributed by atoms with E-state index in [4.69, 9.17) is 5.73 Å². The number of fused-ring (bicyclic) bond motifs is 7. The number of nitrogens with two attached hydrogens (primary N) is 1. The molecule has 0 unspecified atom stereocenters. The van der Waals surface area contributed by atoms with Gasteiger partial charge in [0.25, 0.3) is 0 Å². The quantitative estimate of drug-likeness (QED) is 0.153. The third-order valence-electron chi connectivity index (χ3n) is 6.85. The Morgan fingerprint density at radius 3 is 2.24 bits per heavy atom. The van der Waals surface area contributed by atoms with Crippen LogP contribution in [-0.4, -0.2) is 4.98 Å². The molecule has 5 aromatic carbocycles. The minimum Gasteiger partial charge on any atom is -0.398 e. The number of hydrogen-bond donors (Lipinski definition) is 1. The fraction of sp³-hybridized carbons (Fsp3) is 0.129. The van der Waals surface area contributed by atoms with Gasteiger partial charge in [0.15, 0.2) is 0 Å². The van der Waals surface area contributed by atoms with Gasteiger partial charge in [0.2, 0.25) is 0 Å². The molecule has 2 nitrogen and oxygen atoms in total. The van der Waals surface area contributed by atoms with Crippen molar-refractivity contribution in [3.8, 4) is 0 Å². The van der Waals surface area contributed by atoms with Crippen molar-refractivity contribution >= 4 is 49.0 Å². The van der Waals surface area contributed by atoms with Gasteiger partial charge in [-0.05, 0) is 82.6 Å². The summed E-state index contributed by atoms with van der Waals surface area (Å²) in [6.45, 7) is 0. The average Bonchev–Trinajstić information content (AvgIpc) is 2.88. The lowest BCUT2D eigenvalue weighted by Gasteiger charge is -2.18. The van der Waals surface area contributed by atoms with Crippen LogP contribution < -0.4 is 5.73 Å². The molecule has 0 fully saturated rings. The molecule has 7 rings (SSSR count). The van der Waals surface area contributed by atoms with Gasteiger partial charge in [-0.25, -0.2) is 4.98 Å². The first-order valence-corrected chi connectivity index (χ1v) is 11.7. The number of pyridine rings is 1. The van der Waals surface area contributed by atoms with Gasteiger partial charge in [-0.1, -0.05) is 72.8 Å². The Bertz CT molecular complexity index is 1630. The van der Waals surface area contributed by atoms with E-state index in [1.807, 2.05) is 42.5 Å². The van der Waals surface area contributed by atoms with Crippen LogP contribution in [0.2, 0.25) is 0 Å². The Hall–Kier alpha value is -3.91. The first kappa shape index (κ1) is 19.8. The van der Waals surface area contributed by atoms with Gasteiger partial charge in [-0.2, -0.15) is 0 Å². The lowest BCUT2D eigenvalue weighted by Crippen LogP contribution is -2.02. The highest BCUT2D eigenvalue weighted by atomic mass is 14.7. The summed E-state index contributed by atoms with van der Waals surface area (Å²) in [6.07, 6.45) is 5.22. The van der Waals surface area contributed by atoms with E-state index in [0.717, 1.165) is 27.5 Å². The molecule has 0 atom stereocenters. The predicted octanol–water partition coefficient (Wildman–Crippen LogP) is 7.84. The van der Waals surface area contributed by atoms with E-state index in [2.05, 4.69) is 59.6 Å². The van der Waals surface area contributed by atoms with Crippen LogP contribution in [0.4, 0.5) is 5.69 Å². The Morgan fingerprint density at radius 2 is 1.30 bits per heavy atom. The standard InChI is InChI=1S/C18H16.C13H10N2/c1-3-7-15-13(5-1)9-11-18-16-8-4-2-6-14(16)10-12-17(15)18;14-11-5-3-7-13-10(11)8-9-4-1-2-6-12(9)15-13/h1,3,5,7,9-12H,2,4,6,8H2;1-8H,14H2. The molecule has 0 spiro atoms. The van der Waals surface area contributed by atoms with E-state index in [-0.39, 0.29) is 0 Å². The number of aryl methyl sites for hydroxylation is 2. The van der Waals surface area contributed by atoms with Gasteiger partial charge in [-0.15, -0.1) is 0 Å². The maximum Gasteiger partial charge on any atom is 0.0730 e. The number of benzene rings is 5. The van der Waals surface area contributed by atoms with Gasteiger partial charge in [0.05, 0.1) is 11.0 Å². The zero-order valence-electron chi connectivity index (χ0n) is 18.6. The van der Waals surface area contributed by atoms with Crippen molar-refractivity contribution in [3.05, 3.63) is 108 Å². The normalized spacial score (nSPS) is 13.1. The first-order valence-electron chi connectivity index (χ1n) is 11.7. The van der Waals surface area contributed by atoms with Crippen LogP contribution in [0.15, 0.2) is 97.1 Å². The molecule has 2 N–H and O–H groups in total. The molecule has 33 heavy (non-hydrogen) atoms. The number of para-hydroxylation sites is 1. The number of hydrogen-bond acceptors (Lipinski definition) is 2. The number of anilines is 1. The van der Waals surface area contributed by atoms with Crippen molar-refractivity contribution in [1.29, 1.82) is 0 Å². The molecule has 1 aliphatic carbocycles. The van der Waals surface area contributed by atoms with E-state index in [1.54, 1.807) is 11.1 Å². The van der Waals surface area contributed by atoms with Gasteiger partial charge in [0.1, 0.15) is 0 Å². The molecule has 0 amide bonds. The van der Waals surface area contributed by atoms with Gasteiger partial charge >= 0.3 is 0 Å². The number of nitrogens with zero attached hydrogens (tertiary/aromatic N) is 1. The summed E-state index contributed by atoms with van der Waals surface area (Å²) in [6, 6.07) is 33.9. The Kier molecular flexibility index (Phi) is 4.92. The number of nitrogen functional groups attached to an aromatic ring is 1. The van der Waals surface area contributed by atoms with Crippen molar-refractivity contribution in [2.75, 3.05) is 5.73 Å². The summed E-state index contributed by atoms with van der Waals surface area (Å²) in [5.74, 6) is 0. The van der Waals surface area contributed by atoms with Gasteiger partial charge in [0, 0.05) is 16.5 Å². The second-order valence-corrected chi connectivity index (χ2v) is 8.89. The molecule has 0 saturated carbocycles. The van der Waals surface area contributed by atoms with E-state index < -0.39 is 0 Å². The third kappa shape index (κ3) is 3.58. The Balaban J connectivity index is 0.000000127. The number of aromatic nitrogens is 1. The predicted molar refractivity (Wildman–Crippen MR) is 142 cm³/mol. The SMILES string of the molecule is Nc1cccc2nc3ccccc3cc12.c1ccc2c(c1)ccc1c3c(ccc12)CCCC3. The molecule has 0 bridgehead atoms. The second kappa shape index (κ2) is 8.22. The van der Waals surface area contributed by atoms with Crippen LogP contribution >= 0.6 is 0 Å². The minimum absolute atomic E-state index is 0.783. The molecule has 1 aromatic heterocycles. The lowest BCUT2D eigenvalue weighted by molar-refractivity contribution is 0.690. The summed E-state index contributed by atoms with van der Waals surface area (Å²) >= 11 is 0. The summed E-state index contributed by atoms with van der Waals surface area (Å²) in [4.78, 5) is 4.56. The average molecular weight is 427 g/mol. The first-order chi connectivity index (χ1) is 16.3. The summed E-state index contributed by atoms with van der Waals surface area (Å²) < 4.78 is 0. The van der Waals surface area contributed by atoms with E-state index in [0.29, 0.717) is 0 Å². The van der Waals surface area contributed by atoms with E-state index >= 15 is 0 Å². The molecule has 2 heteroatoms. The zero-order valence-corrected chi connectivity index (χ0v) is 18.6. The van der Waals surface area contributed by atoms with Crippen LogP contribution in [-0.2, 0) is 12.8 Å². The lowest BCUT2D eigenvalue weighted by atomic mass is 9.86. The Labute approximate surface area is 193 Å². The topological polar surface area (TPSA) is 38.9 Å². The maximum absolute atomic E-state index is 5.91. The fourth-order valence-electron chi connectivity index (χ4n) is 5.16.